The number of benzene rings is 1. The third-order valence-corrected chi connectivity index (χ3v) is 5.64. The van der Waals surface area contributed by atoms with Crippen molar-refractivity contribution < 1.29 is 26.7 Å². The maximum absolute atomic E-state index is 14.6. The smallest absolute Gasteiger partial charge is 0.340 e. The van der Waals surface area contributed by atoms with Gasteiger partial charge in [-0.25, -0.2) is 13.8 Å². The number of aliphatic imine (C=N–C) groups is 2. The molecule has 0 bridgehead atoms. The second-order valence-corrected chi connectivity index (χ2v) is 7.85. The molecular formula is C21H16ClF5N4O. The lowest BCUT2D eigenvalue weighted by Gasteiger charge is -2.17. The Hall–Kier alpha value is -2.88. The fraction of sp³-hybridized carbons (Fsp3) is 0.333. The summed E-state index contributed by atoms with van der Waals surface area (Å²) in [6, 6.07) is 1.57. The highest BCUT2D eigenvalue weighted by Gasteiger charge is 2.39. The van der Waals surface area contributed by atoms with Crippen molar-refractivity contribution in [3.8, 4) is 0 Å². The van der Waals surface area contributed by atoms with Crippen LogP contribution in [0.3, 0.4) is 0 Å². The van der Waals surface area contributed by atoms with E-state index in [1.807, 2.05) is 0 Å². The van der Waals surface area contributed by atoms with Crippen LogP contribution in [0.2, 0.25) is 5.02 Å². The van der Waals surface area contributed by atoms with E-state index >= 15 is 0 Å². The number of alkyl halides is 3. The summed E-state index contributed by atoms with van der Waals surface area (Å²) in [5.74, 6) is -1.94. The van der Waals surface area contributed by atoms with E-state index in [4.69, 9.17) is 11.6 Å². The molecule has 11 heteroatoms. The zero-order chi connectivity index (χ0) is 23.2. The molecule has 1 saturated carbocycles. The molecule has 1 aliphatic heterocycles. The van der Waals surface area contributed by atoms with Gasteiger partial charge in [0.2, 0.25) is 0 Å². The van der Waals surface area contributed by atoms with Crippen LogP contribution in [-0.4, -0.2) is 34.4 Å². The number of Topliss-reactive ketones (excluding diaryl/α,β-unsaturated/α-hetero) is 1. The van der Waals surface area contributed by atoms with Gasteiger partial charge in [0.05, 0.1) is 28.2 Å². The van der Waals surface area contributed by atoms with E-state index in [1.165, 1.54) is 0 Å². The SMILES string of the molecule is CC1N=C(c2c(F)cccc2F)c2c(cnc(C(F)(F)F)c2Cl)N/C1=N\C1CCCC1=O. The maximum Gasteiger partial charge on any atom is 0.434 e. The van der Waals surface area contributed by atoms with Crippen LogP contribution in [0.25, 0.3) is 0 Å². The van der Waals surface area contributed by atoms with Crippen molar-refractivity contribution in [1.82, 2.24) is 4.98 Å². The number of amidine groups is 1. The van der Waals surface area contributed by atoms with E-state index in [9.17, 15) is 26.7 Å². The number of carbonyl (C=O) groups is 1. The van der Waals surface area contributed by atoms with Gasteiger partial charge in [-0.2, -0.15) is 13.2 Å². The summed E-state index contributed by atoms with van der Waals surface area (Å²) in [7, 11) is 0. The first kappa shape index (κ1) is 22.3. The van der Waals surface area contributed by atoms with Crippen LogP contribution < -0.4 is 5.32 Å². The van der Waals surface area contributed by atoms with Gasteiger partial charge in [0.15, 0.2) is 11.5 Å². The van der Waals surface area contributed by atoms with Crippen LogP contribution >= 0.6 is 11.6 Å². The first-order chi connectivity index (χ1) is 15.1. The number of hydrogen-bond donors (Lipinski definition) is 1. The highest BCUT2D eigenvalue weighted by atomic mass is 35.5. The minimum atomic E-state index is -4.91. The lowest BCUT2D eigenvalue weighted by Crippen LogP contribution is -2.27. The number of fused-ring (bicyclic) bond motifs is 1. The molecule has 0 amide bonds. The molecular weight excluding hydrogens is 455 g/mol. The molecule has 0 radical (unpaired) electrons. The molecule has 32 heavy (non-hydrogen) atoms. The summed E-state index contributed by atoms with van der Waals surface area (Å²) < 4.78 is 69.6. The van der Waals surface area contributed by atoms with Crippen LogP contribution in [0.5, 0.6) is 0 Å². The van der Waals surface area contributed by atoms with Crippen molar-refractivity contribution >= 4 is 34.6 Å². The first-order valence-electron chi connectivity index (χ1n) is 9.73. The fourth-order valence-corrected chi connectivity index (χ4v) is 4.08. The zero-order valence-corrected chi connectivity index (χ0v) is 17.4. The number of halogens is 6. The molecule has 1 N–H and O–H groups in total. The summed E-state index contributed by atoms with van der Waals surface area (Å²) >= 11 is 6.08. The highest BCUT2D eigenvalue weighted by molar-refractivity contribution is 6.38. The lowest BCUT2D eigenvalue weighted by molar-refractivity contribution is -0.141. The molecule has 2 unspecified atom stereocenters. The van der Waals surface area contributed by atoms with Crippen molar-refractivity contribution in [2.75, 3.05) is 5.32 Å². The Bertz CT molecular complexity index is 1140. The number of carbonyl (C=O) groups excluding carboxylic acids is 1. The summed E-state index contributed by atoms with van der Waals surface area (Å²) in [5, 5.41) is 1.99. The molecule has 2 heterocycles. The topological polar surface area (TPSA) is 66.7 Å². The predicted octanol–water partition coefficient (Wildman–Crippen LogP) is 5.20. The third kappa shape index (κ3) is 3.99. The summed E-state index contributed by atoms with van der Waals surface area (Å²) in [4.78, 5) is 24.1. The van der Waals surface area contributed by atoms with Gasteiger partial charge in [-0.1, -0.05) is 17.7 Å². The second-order valence-electron chi connectivity index (χ2n) is 7.47. The highest BCUT2D eigenvalue weighted by Crippen LogP contribution is 2.40. The van der Waals surface area contributed by atoms with E-state index in [1.54, 1.807) is 6.92 Å². The number of hydrogen-bond acceptors (Lipinski definition) is 4. The summed E-state index contributed by atoms with van der Waals surface area (Å²) in [6.45, 7) is 1.54. The maximum atomic E-state index is 14.6. The Morgan fingerprint density at radius 1 is 1.19 bits per heavy atom. The molecule has 2 atom stereocenters. The van der Waals surface area contributed by atoms with Gasteiger partial charge in [-0.3, -0.25) is 14.8 Å². The average Bonchev–Trinajstić information content (AvgIpc) is 3.04. The van der Waals surface area contributed by atoms with Gasteiger partial charge in [0.1, 0.15) is 29.6 Å². The number of nitrogens with one attached hydrogen (secondary N) is 1. The fourth-order valence-electron chi connectivity index (χ4n) is 3.73. The number of anilines is 1. The average molecular weight is 471 g/mol. The molecule has 0 spiro atoms. The number of pyridine rings is 1. The molecule has 1 aromatic heterocycles. The first-order valence-corrected chi connectivity index (χ1v) is 10.1. The van der Waals surface area contributed by atoms with Crippen LogP contribution in [0, 0.1) is 11.6 Å². The van der Waals surface area contributed by atoms with E-state index < -0.39 is 51.9 Å². The van der Waals surface area contributed by atoms with E-state index in [0.29, 0.717) is 19.3 Å². The van der Waals surface area contributed by atoms with Crippen molar-refractivity contribution in [2.45, 2.75) is 44.4 Å². The standard InChI is InChI=1S/C21H16ClF5N4O/c1-9-20(30-12-6-3-7-14(12)32)31-13-8-28-19(21(25,26)27)17(22)16(13)18(29-9)15-10(23)4-2-5-11(15)24/h2,4-5,8-9,12H,3,6-7H2,1H3,(H,30,31). The molecule has 5 nitrogen and oxygen atoms in total. The Kier molecular flexibility index (Phi) is 5.74. The minimum Gasteiger partial charge on any atom is -0.340 e. The Morgan fingerprint density at radius 3 is 2.47 bits per heavy atom. The van der Waals surface area contributed by atoms with Crippen molar-refractivity contribution in [3.63, 3.8) is 0 Å². The van der Waals surface area contributed by atoms with Crippen LogP contribution in [0.1, 0.15) is 43.0 Å². The van der Waals surface area contributed by atoms with E-state index in [2.05, 4.69) is 20.3 Å². The Balaban J connectivity index is 1.97. The van der Waals surface area contributed by atoms with Crippen molar-refractivity contribution in [3.05, 3.63) is 57.9 Å². The third-order valence-electron chi connectivity index (χ3n) is 5.27. The molecule has 1 aliphatic carbocycles. The number of nitrogens with zero attached hydrogens (tertiary/aromatic N) is 3. The summed E-state index contributed by atoms with van der Waals surface area (Å²) in [5.41, 5.74) is -2.85. The molecule has 0 saturated heterocycles. The second kappa shape index (κ2) is 8.23. The van der Waals surface area contributed by atoms with Crippen LogP contribution in [0.4, 0.5) is 27.6 Å². The van der Waals surface area contributed by atoms with Crippen molar-refractivity contribution in [1.29, 1.82) is 0 Å². The normalized spacial score (nSPS) is 22.4. The Labute approximate surface area is 184 Å². The largest absolute Gasteiger partial charge is 0.434 e. The van der Waals surface area contributed by atoms with Gasteiger partial charge >= 0.3 is 6.18 Å². The van der Waals surface area contributed by atoms with Gasteiger partial charge < -0.3 is 5.32 Å². The number of rotatable bonds is 2. The van der Waals surface area contributed by atoms with E-state index in [0.717, 1.165) is 24.4 Å². The van der Waals surface area contributed by atoms with Crippen LogP contribution in [0.15, 0.2) is 34.4 Å². The Morgan fingerprint density at radius 2 is 1.88 bits per heavy atom. The zero-order valence-electron chi connectivity index (χ0n) is 16.6. The minimum absolute atomic E-state index is 0.0575. The molecule has 1 aromatic carbocycles. The predicted molar refractivity (Wildman–Crippen MR) is 109 cm³/mol. The molecule has 2 aromatic rings. The van der Waals surface area contributed by atoms with Gasteiger partial charge in [-0.05, 0) is 31.9 Å². The summed E-state index contributed by atoms with van der Waals surface area (Å²) in [6.07, 6.45) is -2.47. The molecule has 1 fully saturated rings. The quantitative estimate of drug-likeness (QED) is 0.613. The van der Waals surface area contributed by atoms with Gasteiger partial charge in [-0.15, -0.1) is 0 Å². The molecule has 2 aliphatic rings. The molecule has 4 rings (SSSR count). The van der Waals surface area contributed by atoms with Gasteiger partial charge in [0, 0.05) is 12.0 Å². The van der Waals surface area contributed by atoms with Gasteiger partial charge in [0.25, 0.3) is 0 Å². The number of aromatic nitrogens is 1. The molecule has 168 valence electrons. The lowest BCUT2D eigenvalue weighted by atomic mass is 9.99. The number of ketones is 1. The monoisotopic (exact) mass is 470 g/mol. The van der Waals surface area contributed by atoms with E-state index in [-0.39, 0.29) is 22.9 Å². The van der Waals surface area contributed by atoms with Crippen molar-refractivity contribution in [2.24, 2.45) is 9.98 Å². The van der Waals surface area contributed by atoms with Crippen LogP contribution in [-0.2, 0) is 11.0 Å².